The summed E-state index contributed by atoms with van der Waals surface area (Å²) in [7, 11) is 1.97. The van der Waals surface area contributed by atoms with E-state index in [0.29, 0.717) is 0 Å². The van der Waals surface area contributed by atoms with Gasteiger partial charge in [0, 0.05) is 12.8 Å². The summed E-state index contributed by atoms with van der Waals surface area (Å²) in [6.07, 6.45) is 0. The zero-order valence-electron chi connectivity index (χ0n) is 11.6. The summed E-state index contributed by atoms with van der Waals surface area (Å²) in [6, 6.07) is 6.25. The van der Waals surface area contributed by atoms with Gasteiger partial charge in [-0.15, -0.1) is 0 Å². The second-order valence-corrected chi connectivity index (χ2v) is 6.58. The number of imidazole rings is 1. The lowest BCUT2D eigenvalue weighted by atomic mass is 10.2. The quantitative estimate of drug-likeness (QED) is 0.727. The van der Waals surface area contributed by atoms with Gasteiger partial charge in [-0.05, 0) is 47.5 Å². The molecule has 0 aliphatic rings. The van der Waals surface area contributed by atoms with Gasteiger partial charge in [0.05, 0.1) is 26.9 Å². The molecule has 0 aliphatic carbocycles. The average Bonchev–Trinajstić information content (AvgIpc) is 2.89. The molecule has 0 spiro atoms. The van der Waals surface area contributed by atoms with Crippen molar-refractivity contribution >= 4 is 38.7 Å². The third-order valence-corrected chi connectivity index (χ3v) is 5.14. The monoisotopic (exact) mass is 350 g/mol. The van der Waals surface area contributed by atoms with E-state index in [4.69, 9.17) is 0 Å². The average molecular weight is 351 g/mol. The second kappa shape index (κ2) is 5.26. The first-order valence-electron chi connectivity index (χ1n) is 6.32. The molecule has 0 saturated heterocycles. The van der Waals surface area contributed by atoms with Crippen LogP contribution in [0.25, 0.3) is 11.0 Å². The highest BCUT2D eigenvalue weighted by Crippen LogP contribution is 2.28. The molecule has 0 saturated carbocycles. The van der Waals surface area contributed by atoms with Gasteiger partial charge >= 0.3 is 0 Å². The molecule has 6 heteroatoms. The molecule has 0 fully saturated rings. The van der Waals surface area contributed by atoms with Gasteiger partial charge in [-0.25, -0.2) is 4.98 Å². The summed E-state index contributed by atoms with van der Waals surface area (Å²) in [5.41, 5.74) is 5.53. The molecule has 3 aromatic rings. The van der Waals surface area contributed by atoms with E-state index in [9.17, 15) is 0 Å². The number of aryl methyl sites for hydroxylation is 3. The summed E-state index contributed by atoms with van der Waals surface area (Å²) < 4.78 is 3.00. The van der Waals surface area contributed by atoms with Crippen LogP contribution in [0.1, 0.15) is 17.0 Å². The van der Waals surface area contributed by atoms with Gasteiger partial charge in [0.1, 0.15) is 0 Å². The molecule has 0 atom stereocenters. The van der Waals surface area contributed by atoms with E-state index in [1.165, 1.54) is 11.3 Å². The zero-order valence-corrected chi connectivity index (χ0v) is 14.0. The molecule has 104 valence electrons. The number of thioether (sulfide) groups is 1. The van der Waals surface area contributed by atoms with Gasteiger partial charge in [0.15, 0.2) is 5.16 Å². The van der Waals surface area contributed by atoms with Crippen molar-refractivity contribution in [3.05, 3.63) is 39.6 Å². The number of halogens is 1. The number of hydrogen-bond acceptors (Lipinski definition) is 3. The Bertz CT molecular complexity index is 775. The molecular formula is C14H15BrN4S. The molecule has 4 nitrogen and oxygen atoms in total. The molecule has 0 bridgehead atoms. The summed E-state index contributed by atoms with van der Waals surface area (Å²) >= 11 is 5.28. The Balaban J connectivity index is 1.83. The van der Waals surface area contributed by atoms with Crippen LogP contribution >= 0.6 is 27.7 Å². The van der Waals surface area contributed by atoms with Gasteiger partial charge in [-0.2, -0.15) is 5.10 Å². The standard InChI is InChI=1S/C14H15BrN4S/c1-8-4-5-10-11(6-8)17-14(16-10)20-7-12-13(15)9(2)18-19(12)3/h4-6H,7H2,1-3H3,(H,16,17). The van der Waals surface area contributed by atoms with Gasteiger partial charge in [0.2, 0.25) is 0 Å². The maximum Gasteiger partial charge on any atom is 0.166 e. The fourth-order valence-electron chi connectivity index (χ4n) is 2.14. The van der Waals surface area contributed by atoms with E-state index in [2.05, 4.69) is 56.1 Å². The number of fused-ring (bicyclic) bond motifs is 1. The Labute approximate surface area is 130 Å². The highest BCUT2D eigenvalue weighted by Gasteiger charge is 2.12. The van der Waals surface area contributed by atoms with E-state index < -0.39 is 0 Å². The van der Waals surface area contributed by atoms with Crippen LogP contribution < -0.4 is 0 Å². The Morgan fingerprint density at radius 2 is 2.15 bits per heavy atom. The molecule has 0 aliphatic heterocycles. The first kappa shape index (κ1) is 13.7. The van der Waals surface area contributed by atoms with Crippen LogP contribution in [0.5, 0.6) is 0 Å². The first-order chi connectivity index (χ1) is 9.54. The molecule has 20 heavy (non-hydrogen) atoms. The molecule has 3 rings (SSSR count). The van der Waals surface area contributed by atoms with Crippen LogP contribution in [-0.2, 0) is 12.8 Å². The number of H-pyrrole nitrogens is 1. The smallest absolute Gasteiger partial charge is 0.166 e. The van der Waals surface area contributed by atoms with Crippen molar-refractivity contribution in [2.45, 2.75) is 24.8 Å². The predicted molar refractivity (Wildman–Crippen MR) is 86.0 cm³/mol. The predicted octanol–water partition coefficient (Wildman–Crippen LogP) is 3.97. The SMILES string of the molecule is Cc1ccc2nc(SCc3c(Br)c(C)nn3C)[nH]c2c1. The highest BCUT2D eigenvalue weighted by molar-refractivity contribution is 9.10. The lowest BCUT2D eigenvalue weighted by Crippen LogP contribution is -1.96. The summed E-state index contributed by atoms with van der Waals surface area (Å²) in [4.78, 5) is 7.96. The van der Waals surface area contributed by atoms with Crippen LogP contribution in [0.3, 0.4) is 0 Å². The van der Waals surface area contributed by atoms with Crippen molar-refractivity contribution in [3.63, 3.8) is 0 Å². The van der Waals surface area contributed by atoms with Crippen LogP contribution in [-0.4, -0.2) is 19.7 Å². The van der Waals surface area contributed by atoms with E-state index in [0.717, 1.165) is 32.1 Å². The number of nitrogens with one attached hydrogen (secondary N) is 1. The van der Waals surface area contributed by atoms with Gasteiger partial charge in [-0.1, -0.05) is 17.8 Å². The summed E-state index contributed by atoms with van der Waals surface area (Å²) in [5, 5.41) is 5.34. The van der Waals surface area contributed by atoms with Crippen molar-refractivity contribution in [3.8, 4) is 0 Å². The lowest BCUT2D eigenvalue weighted by molar-refractivity contribution is 0.727. The normalized spacial score (nSPS) is 11.4. The third kappa shape index (κ3) is 2.50. The maximum absolute atomic E-state index is 4.60. The summed E-state index contributed by atoms with van der Waals surface area (Å²) in [6.45, 7) is 4.09. The zero-order chi connectivity index (χ0) is 14.3. The van der Waals surface area contributed by atoms with Crippen LogP contribution in [0, 0.1) is 13.8 Å². The molecule has 2 aromatic heterocycles. The molecule has 0 radical (unpaired) electrons. The van der Waals surface area contributed by atoms with Crippen LogP contribution in [0.2, 0.25) is 0 Å². The molecule has 0 unspecified atom stereocenters. The Kier molecular flexibility index (Phi) is 3.60. The Morgan fingerprint density at radius 3 is 2.85 bits per heavy atom. The first-order valence-corrected chi connectivity index (χ1v) is 8.09. The van der Waals surface area contributed by atoms with E-state index in [1.54, 1.807) is 11.8 Å². The minimum atomic E-state index is 0.830. The molecule has 2 heterocycles. The fraction of sp³-hybridized carbons (Fsp3) is 0.286. The molecular weight excluding hydrogens is 336 g/mol. The topological polar surface area (TPSA) is 46.5 Å². The molecule has 1 N–H and O–H groups in total. The van der Waals surface area contributed by atoms with Gasteiger partial charge < -0.3 is 4.98 Å². The van der Waals surface area contributed by atoms with E-state index in [-0.39, 0.29) is 0 Å². The fourth-order valence-corrected chi connectivity index (χ4v) is 3.75. The molecule has 1 aromatic carbocycles. The maximum atomic E-state index is 4.60. The number of nitrogens with zero attached hydrogens (tertiary/aromatic N) is 3. The van der Waals surface area contributed by atoms with Gasteiger partial charge in [0.25, 0.3) is 0 Å². The number of rotatable bonds is 3. The molecule has 0 amide bonds. The second-order valence-electron chi connectivity index (χ2n) is 4.82. The highest BCUT2D eigenvalue weighted by atomic mass is 79.9. The van der Waals surface area contributed by atoms with Crippen molar-refractivity contribution in [1.82, 2.24) is 19.7 Å². The van der Waals surface area contributed by atoms with Crippen molar-refractivity contribution in [2.24, 2.45) is 7.05 Å². The van der Waals surface area contributed by atoms with Gasteiger partial charge in [-0.3, -0.25) is 4.68 Å². The number of aromatic nitrogens is 4. The van der Waals surface area contributed by atoms with Crippen molar-refractivity contribution in [2.75, 3.05) is 0 Å². The Morgan fingerprint density at radius 1 is 1.35 bits per heavy atom. The number of aromatic amines is 1. The number of hydrogen-bond donors (Lipinski definition) is 1. The minimum Gasteiger partial charge on any atom is -0.333 e. The minimum absolute atomic E-state index is 0.830. The van der Waals surface area contributed by atoms with E-state index >= 15 is 0 Å². The largest absolute Gasteiger partial charge is 0.333 e. The number of benzene rings is 1. The lowest BCUT2D eigenvalue weighted by Gasteiger charge is -2.00. The van der Waals surface area contributed by atoms with Crippen LogP contribution in [0.15, 0.2) is 27.8 Å². The van der Waals surface area contributed by atoms with Crippen molar-refractivity contribution in [1.29, 1.82) is 0 Å². The third-order valence-electron chi connectivity index (χ3n) is 3.22. The van der Waals surface area contributed by atoms with Crippen LogP contribution in [0.4, 0.5) is 0 Å². The Hall–Kier alpha value is -1.27. The van der Waals surface area contributed by atoms with Crippen molar-refractivity contribution < 1.29 is 0 Å². The van der Waals surface area contributed by atoms with E-state index in [1.807, 2.05) is 18.7 Å². The summed E-state index contributed by atoms with van der Waals surface area (Å²) in [5.74, 6) is 0.830.